The predicted molar refractivity (Wildman–Crippen MR) is 139 cm³/mol. The molecule has 1 aromatic heterocycles. The Hall–Kier alpha value is -2.34. The first-order chi connectivity index (χ1) is 16.6. The molecule has 35 heavy (non-hydrogen) atoms. The van der Waals surface area contributed by atoms with Gasteiger partial charge in [-0.05, 0) is 103 Å². The van der Waals surface area contributed by atoms with E-state index in [0.29, 0.717) is 17.7 Å². The third kappa shape index (κ3) is 5.58. The number of fused-ring (bicyclic) bond motifs is 1. The van der Waals surface area contributed by atoms with Crippen LogP contribution in [0.5, 0.6) is 5.75 Å². The molecule has 0 unspecified atom stereocenters. The maximum atomic E-state index is 13.0. The number of methoxy groups -OCH3 is 1. The number of hydrogen-bond acceptors (Lipinski definition) is 5. The van der Waals surface area contributed by atoms with Crippen LogP contribution in [0.25, 0.3) is 10.9 Å². The average Bonchev–Trinajstić information content (AvgIpc) is 3.26. The van der Waals surface area contributed by atoms with E-state index in [1.165, 1.54) is 19.3 Å². The van der Waals surface area contributed by atoms with E-state index in [9.17, 15) is 9.59 Å². The molecule has 1 saturated heterocycles. The van der Waals surface area contributed by atoms with Crippen LogP contribution in [0.3, 0.4) is 0 Å². The molecule has 2 aromatic rings. The zero-order chi connectivity index (χ0) is 25.3. The molecule has 2 aliphatic rings. The number of likely N-dealkylation sites (tertiary alicyclic amines) is 1. The molecule has 0 amide bonds. The highest BCUT2D eigenvalue weighted by molar-refractivity contribution is 5.95. The molecule has 1 atom stereocenters. The van der Waals surface area contributed by atoms with E-state index < -0.39 is 5.60 Å². The van der Waals surface area contributed by atoms with Gasteiger partial charge >= 0.3 is 6.09 Å². The van der Waals surface area contributed by atoms with Crippen LogP contribution in [0.15, 0.2) is 18.3 Å². The number of carbonyl (C=O) groups excluding carboxylic acids is 2. The highest BCUT2D eigenvalue weighted by atomic mass is 16.6. The van der Waals surface area contributed by atoms with Crippen molar-refractivity contribution in [1.29, 1.82) is 0 Å². The van der Waals surface area contributed by atoms with Crippen LogP contribution in [0, 0.1) is 18.8 Å². The SMILES string of the molecule is COc1cc(C)c2c(ccn2C(=O)OC(C)(C)C)c1CN1CCCC[C@H]1C1CCC(C(C)=O)CC1. The molecule has 0 bridgehead atoms. The summed E-state index contributed by atoms with van der Waals surface area (Å²) in [6.45, 7) is 11.3. The lowest BCUT2D eigenvalue weighted by Crippen LogP contribution is -2.45. The molecule has 2 fully saturated rings. The maximum Gasteiger partial charge on any atom is 0.419 e. The van der Waals surface area contributed by atoms with E-state index in [2.05, 4.69) is 11.0 Å². The molecule has 6 heteroatoms. The van der Waals surface area contributed by atoms with Crippen LogP contribution in [0.1, 0.15) is 83.8 Å². The van der Waals surface area contributed by atoms with E-state index in [1.54, 1.807) is 18.6 Å². The Morgan fingerprint density at radius 2 is 1.80 bits per heavy atom. The zero-order valence-corrected chi connectivity index (χ0v) is 22.4. The molecular weight excluding hydrogens is 440 g/mol. The molecule has 1 aliphatic heterocycles. The van der Waals surface area contributed by atoms with E-state index >= 15 is 0 Å². The molecule has 192 valence electrons. The van der Waals surface area contributed by atoms with Crippen LogP contribution in [-0.2, 0) is 16.1 Å². The monoisotopic (exact) mass is 482 g/mol. The van der Waals surface area contributed by atoms with Gasteiger partial charge in [0.15, 0.2) is 0 Å². The fourth-order valence-corrected chi connectivity index (χ4v) is 6.23. The van der Waals surface area contributed by atoms with Gasteiger partial charge in [-0.2, -0.15) is 0 Å². The van der Waals surface area contributed by atoms with Gasteiger partial charge < -0.3 is 9.47 Å². The van der Waals surface area contributed by atoms with Gasteiger partial charge in [-0.15, -0.1) is 0 Å². The van der Waals surface area contributed by atoms with Crippen LogP contribution in [0.2, 0.25) is 0 Å². The Bertz CT molecular complexity index is 1070. The zero-order valence-electron chi connectivity index (χ0n) is 22.4. The normalized spacial score (nSPS) is 23.9. The topological polar surface area (TPSA) is 60.8 Å². The molecule has 4 rings (SSSR count). The van der Waals surface area contributed by atoms with Gasteiger partial charge in [0, 0.05) is 35.7 Å². The minimum Gasteiger partial charge on any atom is -0.496 e. The number of piperidine rings is 1. The molecule has 1 saturated carbocycles. The van der Waals surface area contributed by atoms with Crippen molar-refractivity contribution < 1.29 is 19.1 Å². The number of aryl methyl sites for hydroxylation is 1. The number of hydrogen-bond donors (Lipinski definition) is 0. The van der Waals surface area contributed by atoms with Crippen molar-refractivity contribution in [3.8, 4) is 5.75 Å². The number of ether oxygens (including phenoxy) is 2. The van der Waals surface area contributed by atoms with Gasteiger partial charge in [-0.1, -0.05) is 6.42 Å². The van der Waals surface area contributed by atoms with Crippen LogP contribution in [0.4, 0.5) is 4.79 Å². The Kier molecular flexibility index (Phi) is 7.60. The molecule has 0 radical (unpaired) electrons. The Morgan fingerprint density at radius 1 is 1.09 bits per heavy atom. The minimum atomic E-state index is -0.556. The van der Waals surface area contributed by atoms with E-state index in [0.717, 1.165) is 66.6 Å². The average molecular weight is 483 g/mol. The number of ketones is 1. The summed E-state index contributed by atoms with van der Waals surface area (Å²) < 4.78 is 13.2. The molecule has 2 heterocycles. The standard InChI is InChI=1S/C29H42N2O4/c1-19-17-26(34-6)24(23-14-16-31(27(19)23)28(33)35-29(3,4)5)18-30-15-8-7-9-25(30)22-12-10-21(11-13-22)20(2)32/h14,16-17,21-22,25H,7-13,15,18H2,1-6H3/t21?,22?,25-/m0/s1. The predicted octanol–water partition coefficient (Wildman–Crippen LogP) is 6.49. The van der Waals surface area contributed by atoms with Crippen molar-refractivity contribution in [2.24, 2.45) is 11.8 Å². The number of benzene rings is 1. The number of Topliss-reactive ketones (excluding diaryl/α,β-unsaturated/α-hetero) is 1. The van der Waals surface area contributed by atoms with Crippen molar-refractivity contribution in [2.75, 3.05) is 13.7 Å². The van der Waals surface area contributed by atoms with Crippen molar-refractivity contribution in [3.05, 3.63) is 29.5 Å². The lowest BCUT2D eigenvalue weighted by molar-refractivity contribution is -0.122. The molecule has 6 nitrogen and oxygen atoms in total. The summed E-state index contributed by atoms with van der Waals surface area (Å²) in [5, 5.41) is 1.05. The number of aromatic nitrogens is 1. The van der Waals surface area contributed by atoms with Crippen LogP contribution >= 0.6 is 0 Å². The number of carbonyl (C=O) groups is 2. The molecule has 1 aliphatic carbocycles. The van der Waals surface area contributed by atoms with Crippen molar-refractivity contribution >= 4 is 22.8 Å². The number of rotatable bonds is 5. The summed E-state index contributed by atoms with van der Waals surface area (Å²) in [5.74, 6) is 2.13. The van der Waals surface area contributed by atoms with Crippen molar-refractivity contribution in [1.82, 2.24) is 9.47 Å². The first-order valence-corrected chi connectivity index (χ1v) is 13.2. The van der Waals surface area contributed by atoms with Crippen LogP contribution in [-0.4, -0.2) is 46.6 Å². The lowest BCUT2D eigenvalue weighted by atomic mass is 9.75. The summed E-state index contributed by atoms with van der Waals surface area (Å²) in [4.78, 5) is 27.5. The highest BCUT2D eigenvalue weighted by Gasteiger charge is 2.34. The summed E-state index contributed by atoms with van der Waals surface area (Å²) >= 11 is 0. The lowest BCUT2D eigenvalue weighted by Gasteiger charge is -2.43. The summed E-state index contributed by atoms with van der Waals surface area (Å²) in [5.41, 5.74) is 2.47. The third-order valence-corrected chi connectivity index (χ3v) is 7.96. The van der Waals surface area contributed by atoms with E-state index in [1.807, 2.05) is 40.0 Å². The molecule has 0 N–H and O–H groups in total. The second kappa shape index (κ2) is 10.3. The van der Waals surface area contributed by atoms with Gasteiger partial charge in [0.05, 0.1) is 12.6 Å². The molecular formula is C29H42N2O4. The van der Waals surface area contributed by atoms with Gasteiger partial charge in [-0.25, -0.2) is 4.79 Å². The fraction of sp³-hybridized carbons (Fsp3) is 0.655. The molecule has 0 spiro atoms. The Balaban J connectivity index is 1.64. The molecule has 1 aromatic carbocycles. The second-order valence-corrected chi connectivity index (χ2v) is 11.6. The van der Waals surface area contributed by atoms with Crippen molar-refractivity contribution in [2.45, 2.75) is 97.8 Å². The largest absolute Gasteiger partial charge is 0.496 e. The summed E-state index contributed by atoms with van der Waals surface area (Å²) in [6, 6.07) is 4.61. The first kappa shape index (κ1) is 25.7. The van der Waals surface area contributed by atoms with Gasteiger partial charge in [0.2, 0.25) is 0 Å². The van der Waals surface area contributed by atoms with Gasteiger partial charge in [0.25, 0.3) is 0 Å². The van der Waals surface area contributed by atoms with Crippen LogP contribution < -0.4 is 4.74 Å². The maximum absolute atomic E-state index is 13.0. The summed E-state index contributed by atoms with van der Waals surface area (Å²) in [7, 11) is 1.73. The van der Waals surface area contributed by atoms with E-state index in [-0.39, 0.29) is 12.0 Å². The highest BCUT2D eigenvalue weighted by Crippen LogP contribution is 2.39. The van der Waals surface area contributed by atoms with Gasteiger partial charge in [-0.3, -0.25) is 14.3 Å². The summed E-state index contributed by atoms with van der Waals surface area (Å²) in [6.07, 6.45) is 9.49. The third-order valence-electron chi connectivity index (χ3n) is 7.96. The van der Waals surface area contributed by atoms with E-state index in [4.69, 9.17) is 9.47 Å². The number of nitrogens with zero attached hydrogens (tertiary/aromatic N) is 2. The smallest absolute Gasteiger partial charge is 0.419 e. The Labute approximate surface area is 209 Å². The fourth-order valence-electron chi connectivity index (χ4n) is 6.23. The Morgan fingerprint density at radius 3 is 2.43 bits per heavy atom. The minimum absolute atomic E-state index is 0.257. The first-order valence-electron chi connectivity index (χ1n) is 13.2. The van der Waals surface area contributed by atoms with Gasteiger partial charge in [0.1, 0.15) is 17.1 Å². The van der Waals surface area contributed by atoms with Crippen molar-refractivity contribution in [3.63, 3.8) is 0 Å². The quantitative estimate of drug-likeness (QED) is 0.487. The second-order valence-electron chi connectivity index (χ2n) is 11.6.